The number of carbonyl (C=O) groups excluding carboxylic acids is 1. The van der Waals surface area contributed by atoms with Gasteiger partial charge in [0.2, 0.25) is 0 Å². The second-order valence-electron chi connectivity index (χ2n) is 4.55. The SMILES string of the molecule is O=C1/C(=C/c2cccc(Cl)c2)SC(=S)N1c1cccc(Cl)c1. The minimum atomic E-state index is -0.155. The van der Waals surface area contributed by atoms with E-state index in [9.17, 15) is 4.79 Å². The molecule has 0 N–H and O–H groups in total. The first-order chi connectivity index (χ1) is 10.5. The number of hydrogen-bond donors (Lipinski definition) is 0. The molecule has 2 nitrogen and oxygen atoms in total. The van der Waals surface area contributed by atoms with E-state index < -0.39 is 0 Å². The predicted octanol–water partition coefficient (Wildman–Crippen LogP) is 5.40. The Kier molecular flexibility index (Phi) is 4.54. The lowest BCUT2D eigenvalue weighted by atomic mass is 10.2. The first-order valence-electron chi connectivity index (χ1n) is 6.34. The van der Waals surface area contributed by atoms with Crippen LogP contribution < -0.4 is 4.90 Å². The number of amides is 1. The average molecular weight is 366 g/mol. The number of hydrogen-bond acceptors (Lipinski definition) is 3. The van der Waals surface area contributed by atoms with Gasteiger partial charge in [0.25, 0.3) is 5.91 Å². The van der Waals surface area contributed by atoms with Crippen molar-refractivity contribution < 1.29 is 4.79 Å². The van der Waals surface area contributed by atoms with Crippen molar-refractivity contribution in [3.63, 3.8) is 0 Å². The average Bonchev–Trinajstić information content (AvgIpc) is 2.73. The molecule has 1 fully saturated rings. The Labute approximate surface area is 147 Å². The van der Waals surface area contributed by atoms with E-state index in [0.29, 0.717) is 25.0 Å². The van der Waals surface area contributed by atoms with Gasteiger partial charge in [-0.1, -0.05) is 65.4 Å². The number of rotatable bonds is 2. The second kappa shape index (κ2) is 6.42. The van der Waals surface area contributed by atoms with Gasteiger partial charge in [0.1, 0.15) is 0 Å². The van der Waals surface area contributed by atoms with Crippen LogP contribution in [-0.2, 0) is 4.79 Å². The van der Waals surface area contributed by atoms with Gasteiger partial charge in [-0.3, -0.25) is 9.69 Å². The highest BCUT2D eigenvalue weighted by atomic mass is 35.5. The zero-order chi connectivity index (χ0) is 15.7. The largest absolute Gasteiger partial charge is 0.270 e. The minimum Gasteiger partial charge on any atom is -0.268 e. The van der Waals surface area contributed by atoms with E-state index in [1.165, 1.54) is 16.7 Å². The number of halogens is 2. The van der Waals surface area contributed by atoms with E-state index >= 15 is 0 Å². The molecule has 0 unspecified atom stereocenters. The van der Waals surface area contributed by atoms with Gasteiger partial charge < -0.3 is 0 Å². The van der Waals surface area contributed by atoms with Crippen LogP contribution in [0.15, 0.2) is 53.4 Å². The maximum absolute atomic E-state index is 12.6. The van der Waals surface area contributed by atoms with Gasteiger partial charge in [0, 0.05) is 10.0 Å². The van der Waals surface area contributed by atoms with Crippen LogP contribution in [0.2, 0.25) is 10.0 Å². The molecule has 2 aromatic carbocycles. The fourth-order valence-electron chi connectivity index (χ4n) is 2.05. The van der Waals surface area contributed by atoms with E-state index in [0.717, 1.165) is 5.56 Å². The highest BCUT2D eigenvalue weighted by Crippen LogP contribution is 2.36. The van der Waals surface area contributed by atoms with Crippen molar-refractivity contribution in [3.05, 3.63) is 69.0 Å². The van der Waals surface area contributed by atoms with Gasteiger partial charge in [-0.15, -0.1) is 0 Å². The summed E-state index contributed by atoms with van der Waals surface area (Å²) in [6.45, 7) is 0. The topological polar surface area (TPSA) is 20.3 Å². The lowest BCUT2D eigenvalue weighted by Gasteiger charge is -2.14. The van der Waals surface area contributed by atoms with Gasteiger partial charge in [0.05, 0.1) is 10.6 Å². The van der Waals surface area contributed by atoms with E-state index in [4.69, 9.17) is 35.4 Å². The molecule has 22 heavy (non-hydrogen) atoms. The molecule has 1 saturated heterocycles. The monoisotopic (exact) mass is 365 g/mol. The normalized spacial score (nSPS) is 16.6. The summed E-state index contributed by atoms with van der Waals surface area (Å²) >= 11 is 18.5. The summed E-state index contributed by atoms with van der Waals surface area (Å²) in [7, 11) is 0. The summed E-state index contributed by atoms with van der Waals surface area (Å²) < 4.78 is 0.487. The van der Waals surface area contributed by atoms with Gasteiger partial charge in [-0.05, 0) is 42.0 Å². The molecule has 1 amide bonds. The quantitative estimate of drug-likeness (QED) is 0.524. The molecular formula is C16H9Cl2NOS2. The Morgan fingerprint density at radius 2 is 1.73 bits per heavy atom. The van der Waals surface area contributed by atoms with Crippen molar-refractivity contribution in [2.24, 2.45) is 0 Å². The molecule has 2 aromatic rings. The molecule has 0 saturated carbocycles. The van der Waals surface area contributed by atoms with Crippen LogP contribution in [0, 0.1) is 0 Å². The summed E-state index contributed by atoms with van der Waals surface area (Å²) in [6.07, 6.45) is 1.79. The smallest absolute Gasteiger partial charge is 0.268 e. The third kappa shape index (κ3) is 3.20. The lowest BCUT2D eigenvalue weighted by molar-refractivity contribution is -0.113. The van der Waals surface area contributed by atoms with Crippen molar-refractivity contribution in [1.82, 2.24) is 0 Å². The summed E-state index contributed by atoms with van der Waals surface area (Å²) in [5.41, 5.74) is 1.53. The Morgan fingerprint density at radius 3 is 2.41 bits per heavy atom. The van der Waals surface area contributed by atoms with Gasteiger partial charge in [-0.25, -0.2) is 0 Å². The van der Waals surface area contributed by atoms with E-state index in [1.807, 2.05) is 12.1 Å². The van der Waals surface area contributed by atoms with Crippen molar-refractivity contribution in [2.75, 3.05) is 4.90 Å². The first-order valence-corrected chi connectivity index (χ1v) is 8.32. The Balaban J connectivity index is 1.95. The Morgan fingerprint density at radius 1 is 1.05 bits per heavy atom. The predicted molar refractivity (Wildman–Crippen MR) is 98.6 cm³/mol. The fraction of sp³-hybridized carbons (Fsp3) is 0. The van der Waals surface area contributed by atoms with Crippen LogP contribution >= 0.6 is 47.2 Å². The summed E-state index contributed by atoms with van der Waals surface area (Å²) in [5, 5.41) is 1.18. The van der Waals surface area contributed by atoms with Crippen LogP contribution in [0.25, 0.3) is 6.08 Å². The van der Waals surface area contributed by atoms with E-state index in [1.54, 1.807) is 42.5 Å². The molecule has 0 aromatic heterocycles. The maximum atomic E-state index is 12.6. The van der Waals surface area contributed by atoms with E-state index in [-0.39, 0.29) is 5.91 Å². The fourth-order valence-corrected chi connectivity index (χ4v) is 3.74. The second-order valence-corrected chi connectivity index (χ2v) is 7.10. The highest BCUT2D eigenvalue weighted by Gasteiger charge is 2.33. The van der Waals surface area contributed by atoms with Crippen LogP contribution in [-0.4, -0.2) is 10.2 Å². The number of thiocarbonyl (C=S) groups is 1. The van der Waals surface area contributed by atoms with Crippen LogP contribution in [0.1, 0.15) is 5.56 Å². The summed E-state index contributed by atoms with van der Waals surface area (Å²) in [4.78, 5) is 14.6. The summed E-state index contributed by atoms with van der Waals surface area (Å²) in [6, 6.07) is 14.4. The van der Waals surface area contributed by atoms with Crippen molar-refractivity contribution in [3.8, 4) is 0 Å². The zero-order valence-corrected chi connectivity index (χ0v) is 14.3. The molecule has 0 atom stereocenters. The molecule has 110 valence electrons. The molecule has 0 aliphatic carbocycles. The van der Waals surface area contributed by atoms with Gasteiger partial charge in [0.15, 0.2) is 4.32 Å². The number of anilines is 1. The Bertz CT molecular complexity index is 804. The first kappa shape index (κ1) is 15.6. The molecule has 0 radical (unpaired) electrons. The lowest BCUT2D eigenvalue weighted by Crippen LogP contribution is -2.27. The molecular weight excluding hydrogens is 357 g/mol. The number of carbonyl (C=O) groups is 1. The van der Waals surface area contributed by atoms with Gasteiger partial charge in [-0.2, -0.15) is 0 Å². The van der Waals surface area contributed by atoms with Crippen LogP contribution in [0.5, 0.6) is 0 Å². The molecule has 3 rings (SSSR count). The molecule has 1 heterocycles. The van der Waals surface area contributed by atoms with Crippen molar-refractivity contribution >= 4 is 69.2 Å². The summed E-state index contributed by atoms with van der Waals surface area (Å²) in [5.74, 6) is -0.155. The standard InChI is InChI=1S/C16H9Cl2NOS2/c17-11-4-1-3-10(7-11)8-14-15(20)19(16(21)22-14)13-6-2-5-12(18)9-13/h1-9H/b14-8-. The molecule has 0 spiro atoms. The number of thioether (sulfide) groups is 1. The van der Waals surface area contributed by atoms with Crippen molar-refractivity contribution in [1.29, 1.82) is 0 Å². The molecule has 1 aliphatic heterocycles. The Hall–Kier alpha value is -1.33. The third-order valence-electron chi connectivity index (χ3n) is 3.01. The van der Waals surface area contributed by atoms with Crippen molar-refractivity contribution in [2.45, 2.75) is 0 Å². The molecule has 0 bridgehead atoms. The maximum Gasteiger partial charge on any atom is 0.270 e. The molecule has 1 aliphatic rings. The number of benzene rings is 2. The van der Waals surface area contributed by atoms with Crippen LogP contribution in [0.3, 0.4) is 0 Å². The number of nitrogens with zero attached hydrogens (tertiary/aromatic N) is 1. The zero-order valence-electron chi connectivity index (χ0n) is 11.1. The molecule has 6 heteroatoms. The minimum absolute atomic E-state index is 0.155. The van der Waals surface area contributed by atoms with Crippen LogP contribution in [0.4, 0.5) is 5.69 Å². The van der Waals surface area contributed by atoms with E-state index in [2.05, 4.69) is 0 Å². The highest BCUT2D eigenvalue weighted by molar-refractivity contribution is 8.27. The van der Waals surface area contributed by atoms with Gasteiger partial charge >= 0.3 is 0 Å². The third-order valence-corrected chi connectivity index (χ3v) is 4.78.